The van der Waals surface area contributed by atoms with Crippen LogP contribution in [0.15, 0.2) is 12.4 Å². The van der Waals surface area contributed by atoms with Crippen molar-refractivity contribution in [1.29, 1.82) is 0 Å². The maximum Gasteiger partial charge on any atom is 0.356 e. The zero-order valence-electron chi connectivity index (χ0n) is 9.31. The van der Waals surface area contributed by atoms with Gasteiger partial charge in [0.05, 0.1) is 12.8 Å². The summed E-state index contributed by atoms with van der Waals surface area (Å²) in [7, 11) is 1.26. The van der Waals surface area contributed by atoms with Gasteiger partial charge in [-0.3, -0.25) is 4.84 Å². The first-order valence-corrected chi connectivity index (χ1v) is 6.06. The summed E-state index contributed by atoms with van der Waals surface area (Å²) in [4.78, 5) is 24.3. The van der Waals surface area contributed by atoms with Gasteiger partial charge in [0.25, 0.3) is 0 Å². The van der Waals surface area contributed by atoms with E-state index < -0.39 is 15.6 Å². The van der Waals surface area contributed by atoms with Crippen LogP contribution in [0.25, 0.3) is 0 Å². The van der Waals surface area contributed by atoms with Crippen LogP contribution in [0.3, 0.4) is 0 Å². The number of rotatable bonds is 2. The van der Waals surface area contributed by atoms with Gasteiger partial charge in [0.1, 0.15) is 6.33 Å². The van der Waals surface area contributed by atoms with Gasteiger partial charge in [-0.25, -0.2) is 14.8 Å². The summed E-state index contributed by atoms with van der Waals surface area (Å²) in [6, 6.07) is 1.40. The summed E-state index contributed by atoms with van der Waals surface area (Å²) >= 11 is 9.46. The first-order valence-electron chi connectivity index (χ1n) is 4.89. The van der Waals surface area contributed by atoms with Crippen LogP contribution in [0, 0.1) is 0 Å². The third-order valence-corrected chi connectivity index (χ3v) is 3.16. The van der Waals surface area contributed by atoms with Gasteiger partial charge < -0.3 is 10.5 Å². The summed E-state index contributed by atoms with van der Waals surface area (Å²) in [5.41, 5.74) is 8.72. The van der Waals surface area contributed by atoms with E-state index in [0.717, 1.165) is 0 Å². The second-order valence-corrected chi connectivity index (χ2v) is 5.78. The third kappa shape index (κ3) is 2.62. The average Bonchev–Trinajstić information content (AvgIpc) is 2.64. The van der Waals surface area contributed by atoms with E-state index in [-0.39, 0.29) is 12.1 Å². The number of ether oxygens (including phenoxy) is 1. The Kier molecular flexibility index (Phi) is 3.56. The Hall–Kier alpha value is -0.800. The van der Waals surface area contributed by atoms with Crippen LogP contribution in [0.1, 0.15) is 22.6 Å². The molecule has 1 aromatic heterocycles. The van der Waals surface area contributed by atoms with Crippen LogP contribution in [-0.2, 0) is 14.6 Å². The molecule has 9 heteroatoms. The van der Waals surface area contributed by atoms with Crippen molar-refractivity contribution in [3.8, 4) is 0 Å². The second kappa shape index (κ2) is 4.71. The number of alkyl halides is 2. The molecule has 0 aromatic carbocycles. The minimum Gasteiger partial charge on any atom is -0.464 e. The Balaban J connectivity index is 2.32. The lowest BCUT2D eigenvalue weighted by Gasteiger charge is -2.18. The Morgan fingerprint density at radius 3 is 3.00 bits per heavy atom. The molecule has 1 saturated heterocycles. The fourth-order valence-electron chi connectivity index (χ4n) is 1.49. The molecule has 0 bridgehead atoms. The van der Waals surface area contributed by atoms with Crippen molar-refractivity contribution in [3.63, 3.8) is 0 Å². The van der Waals surface area contributed by atoms with E-state index in [1.807, 2.05) is 0 Å². The van der Waals surface area contributed by atoms with Gasteiger partial charge in [0.15, 0.2) is 10.3 Å². The van der Waals surface area contributed by atoms with Gasteiger partial charge in [-0.15, -0.1) is 0 Å². The molecule has 98 valence electrons. The topological polar surface area (TPSA) is 99.4 Å². The lowest BCUT2D eigenvalue weighted by atomic mass is 10.1. The quantitative estimate of drug-likeness (QED) is 0.463. The number of aromatic nitrogens is 2. The van der Waals surface area contributed by atoms with Crippen LogP contribution >= 0.6 is 27.5 Å². The van der Waals surface area contributed by atoms with E-state index in [2.05, 4.69) is 36.1 Å². The zero-order valence-corrected chi connectivity index (χ0v) is 11.7. The normalized spacial score (nSPS) is 31.3. The molecule has 1 aliphatic rings. The van der Waals surface area contributed by atoms with Crippen LogP contribution in [-0.4, -0.2) is 27.6 Å². The molecule has 1 aliphatic heterocycles. The molecule has 0 amide bonds. The summed E-state index contributed by atoms with van der Waals surface area (Å²) in [6.07, 6.45) is 1.42. The van der Waals surface area contributed by atoms with E-state index in [1.54, 1.807) is 0 Å². The fraction of sp³-hybridized carbons (Fsp3) is 0.444. The number of hydrogen-bond acceptors (Lipinski definition) is 7. The molecule has 1 aromatic rings. The number of nitrogens with zero attached hydrogens (tertiary/aromatic N) is 2. The standard InChI is InChI=1S/C9H10BrClN4O3/c1-17-7(16)5-2-6(14-4-13-5)8(11)3-9(10,12)15-18-8/h2,4,15H,3,12H2,1H3. The molecule has 2 atom stereocenters. The molecule has 2 heterocycles. The Labute approximate surface area is 116 Å². The van der Waals surface area contributed by atoms with Crippen molar-refractivity contribution in [2.24, 2.45) is 5.73 Å². The Morgan fingerprint density at radius 2 is 2.44 bits per heavy atom. The molecule has 0 spiro atoms. The number of nitrogens with one attached hydrogen (secondary N) is 1. The maximum absolute atomic E-state index is 11.4. The van der Waals surface area contributed by atoms with Gasteiger partial charge in [-0.05, 0) is 22.0 Å². The number of methoxy groups -OCH3 is 1. The van der Waals surface area contributed by atoms with Crippen molar-refractivity contribution in [1.82, 2.24) is 15.4 Å². The third-order valence-electron chi connectivity index (χ3n) is 2.31. The number of hydrogen-bond donors (Lipinski definition) is 2. The van der Waals surface area contributed by atoms with Crippen LogP contribution in [0.4, 0.5) is 0 Å². The lowest BCUT2D eigenvalue weighted by Crippen LogP contribution is -2.41. The highest BCUT2D eigenvalue weighted by molar-refractivity contribution is 9.10. The van der Waals surface area contributed by atoms with Crippen molar-refractivity contribution in [3.05, 3.63) is 23.8 Å². The Morgan fingerprint density at radius 1 is 1.72 bits per heavy atom. The summed E-state index contributed by atoms with van der Waals surface area (Å²) in [6.45, 7) is 0. The zero-order chi connectivity index (χ0) is 13.4. The summed E-state index contributed by atoms with van der Waals surface area (Å²) in [5.74, 6) is -0.581. The number of halogens is 2. The number of hydroxylamine groups is 1. The average molecular weight is 338 g/mol. The summed E-state index contributed by atoms with van der Waals surface area (Å²) in [5, 5.41) is -1.27. The van der Waals surface area contributed by atoms with Crippen LogP contribution in [0.2, 0.25) is 0 Å². The van der Waals surface area contributed by atoms with Crippen LogP contribution in [0.5, 0.6) is 0 Å². The van der Waals surface area contributed by atoms with Gasteiger partial charge in [0.2, 0.25) is 5.06 Å². The molecule has 0 radical (unpaired) electrons. The fourth-order valence-corrected chi connectivity index (χ4v) is 2.48. The van der Waals surface area contributed by atoms with E-state index >= 15 is 0 Å². The first-order chi connectivity index (χ1) is 8.36. The van der Waals surface area contributed by atoms with E-state index in [9.17, 15) is 4.79 Å². The van der Waals surface area contributed by atoms with Crippen molar-refractivity contribution < 1.29 is 14.4 Å². The van der Waals surface area contributed by atoms with Crippen molar-refractivity contribution in [2.45, 2.75) is 16.1 Å². The molecule has 1 fully saturated rings. The minimum atomic E-state index is -1.27. The largest absolute Gasteiger partial charge is 0.464 e. The summed E-state index contributed by atoms with van der Waals surface area (Å²) < 4.78 is 3.61. The number of esters is 1. The van der Waals surface area contributed by atoms with Gasteiger partial charge in [-0.2, -0.15) is 5.48 Å². The highest BCUT2D eigenvalue weighted by atomic mass is 79.9. The maximum atomic E-state index is 11.4. The first kappa shape index (κ1) is 13.6. The SMILES string of the molecule is COC(=O)c1cc(C2(Cl)CC(N)(Br)NO2)ncn1. The number of carbonyl (C=O) groups excluding carboxylic acids is 1. The predicted octanol–water partition coefficient (Wildman–Crippen LogP) is 0.587. The Bertz CT molecular complexity index is 487. The molecule has 2 rings (SSSR count). The predicted molar refractivity (Wildman–Crippen MR) is 65.6 cm³/mol. The molecule has 18 heavy (non-hydrogen) atoms. The molecule has 0 saturated carbocycles. The van der Waals surface area contributed by atoms with Gasteiger partial charge >= 0.3 is 5.97 Å². The molecular weight excluding hydrogens is 327 g/mol. The molecule has 0 aliphatic carbocycles. The van der Waals surface area contributed by atoms with Gasteiger partial charge in [-0.1, -0.05) is 11.6 Å². The van der Waals surface area contributed by atoms with Crippen molar-refractivity contribution in [2.75, 3.05) is 7.11 Å². The monoisotopic (exact) mass is 336 g/mol. The minimum absolute atomic E-state index is 0.0928. The second-order valence-electron chi connectivity index (χ2n) is 3.75. The molecule has 2 unspecified atom stereocenters. The van der Waals surface area contributed by atoms with E-state index in [1.165, 1.54) is 19.5 Å². The highest BCUT2D eigenvalue weighted by Gasteiger charge is 2.48. The van der Waals surface area contributed by atoms with Crippen molar-refractivity contribution >= 4 is 33.5 Å². The van der Waals surface area contributed by atoms with Gasteiger partial charge in [0, 0.05) is 6.42 Å². The smallest absolute Gasteiger partial charge is 0.356 e. The lowest BCUT2D eigenvalue weighted by molar-refractivity contribution is -0.00797. The van der Waals surface area contributed by atoms with E-state index in [0.29, 0.717) is 5.69 Å². The van der Waals surface area contributed by atoms with Crippen LogP contribution < -0.4 is 11.2 Å². The molecular formula is C9H10BrClN4O3. The molecule has 7 nitrogen and oxygen atoms in total. The van der Waals surface area contributed by atoms with E-state index in [4.69, 9.17) is 22.2 Å². The number of nitrogens with two attached hydrogens (primary N) is 1. The molecule has 3 N–H and O–H groups in total. The number of carbonyl (C=O) groups is 1. The highest BCUT2D eigenvalue weighted by Crippen LogP contribution is 2.42.